The lowest BCUT2D eigenvalue weighted by molar-refractivity contribution is 0.0927. The second-order valence-corrected chi connectivity index (χ2v) is 5.08. The number of fused-ring (bicyclic) bond motifs is 1. The molecule has 0 aromatic heterocycles. The molecule has 1 heterocycles. The first kappa shape index (κ1) is 8.55. The Kier molecular flexibility index (Phi) is 2.16. The van der Waals surface area contributed by atoms with Crippen molar-refractivity contribution < 1.29 is 0 Å². The van der Waals surface area contributed by atoms with E-state index in [4.69, 9.17) is 0 Å². The predicted octanol–water partition coefficient (Wildman–Crippen LogP) is 2.23. The van der Waals surface area contributed by atoms with Crippen molar-refractivity contribution in [2.45, 2.75) is 26.7 Å². The number of hydrogen-bond acceptors (Lipinski definition) is 1. The molecule has 0 radical (unpaired) electrons. The van der Waals surface area contributed by atoms with Gasteiger partial charge in [-0.3, -0.25) is 0 Å². The van der Waals surface area contributed by atoms with E-state index in [-0.39, 0.29) is 0 Å². The van der Waals surface area contributed by atoms with E-state index in [1.54, 1.807) is 0 Å². The highest BCUT2D eigenvalue weighted by Gasteiger charge is 2.40. The van der Waals surface area contributed by atoms with Crippen molar-refractivity contribution in [1.29, 1.82) is 0 Å². The van der Waals surface area contributed by atoms with Crippen molar-refractivity contribution in [2.75, 3.05) is 20.1 Å². The molecule has 0 aromatic rings. The minimum Gasteiger partial charge on any atom is -0.306 e. The molecule has 1 saturated heterocycles. The molecule has 0 aromatic carbocycles. The molecular weight excluding hydrogens is 146 g/mol. The fourth-order valence-electron chi connectivity index (χ4n) is 3.39. The quantitative estimate of drug-likeness (QED) is 0.535. The fourth-order valence-corrected chi connectivity index (χ4v) is 3.39. The molecule has 1 saturated carbocycles. The van der Waals surface area contributed by atoms with E-state index in [2.05, 4.69) is 25.8 Å². The first-order valence-electron chi connectivity index (χ1n) is 5.37. The summed E-state index contributed by atoms with van der Waals surface area (Å²) in [5.74, 6) is 3.99. The minimum absolute atomic E-state index is 0.943. The summed E-state index contributed by atoms with van der Waals surface area (Å²) >= 11 is 0. The summed E-state index contributed by atoms with van der Waals surface area (Å²) in [5, 5.41) is 0. The molecule has 2 aliphatic rings. The summed E-state index contributed by atoms with van der Waals surface area (Å²) in [4.78, 5) is 2.52. The lowest BCUT2D eigenvalue weighted by Crippen LogP contribution is -2.42. The normalized spacial score (nSPS) is 49.2. The van der Waals surface area contributed by atoms with Crippen molar-refractivity contribution in [1.82, 2.24) is 4.90 Å². The average Bonchev–Trinajstić information content (AvgIpc) is 2.33. The molecule has 2 rings (SSSR count). The van der Waals surface area contributed by atoms with Crippen molar-refractivity contribution in [2.24, 2.45) is 23.7 Å². The lowest BCUT2D eigenvalue weighted by Gasteiger charge is -2.39. The minimum atomic E-state index is 0.943. The summed E-state index contributed by atoms with van der Waals surface area (Å²) in [6.07, 6.45) is 2.98. The maximum Gasteiger partial charge on any atom is 0.00120 e. The maximum absolute atomic E-state index is 2.52. The third-order valence-corrected chi connectivity index (χ3v) is 4.09. The van der Waals surface area contributed by atoms with Crippen molar-refractivity contribution in [3.05, 3.63) is 0 Å². The zero-order valence-corrected chi connectivity index (χ0v) is 8.59. The van der Waals surface area contributed by atoms with Gasteiger partial charge in [-0.15, -0.1) is 0 Å². The van der Waals surface area contributed by atoms with Crippen LogP contribution in [0.25, 0.3) is 0 Å². The third kappa shape index (κ3) is 1.28. The summed E-state index contributed by atoms with van der Waals surface area (Å²) in [5.41, 5.74) is 0. The molecule has 0 spiro atoms. The predicted molar refractivity (Wildman–Crippen MR) is 52.0 cm³/mol. The smallest absolute Gasteiger partial charge is 0.00120 e. The Hall–Kier alpha value is -0.0400. The van der Waals surface area contributed by atoms with Gasteiger partial charge in [0.15, 0.2) is 0 Å². The van der Waals surface area contributed by atoms with E-state index in [9.17, 15) is 0 Å². The zero-order chi connectivity index (χ0) is 8.72. The Morgan fingerprint density at radius 2 is 1.67 bits per heavy atom. The van der Waals surface area contributed by atoms with Crippen LogP contribution in [-0.4, -0.2) is 25.0 Å². The molecule has 1 aliphatic carbocycles. The molecule has 70 valence electrons. The number of piperidine rings is 1. The molecule has 0 amide bonds. The second kappa shape index (κ2) is 3.02. The van der Waals surface area contributed by atoms with Crippen LogP contribution in [0.1, 0.15) is 26.7 Å². The third-order valence-electron chi connectivity index (χ3n) is 4.09. The molecule has 0 N–H and O–H groups in total. The van der Waals surface area contributed by atoms with Gasteiger partial charge in [0.25, 0.3) is 0 Å². The van der Waals surface area contributed by atoms with E-state index in [0.29, 0.717) is 0 Å². The van der Waals surface area contributed by atoms with Gasteiger partial charge in [-0.2, -0.15) is 0 Å². The van der Waals surface area contributed by atoms with Crippen molar-refractivity contribution in [3.63, 3.8) is 0 Å². The van der Waals surface area contributed by atoms with Crippen LogP contribution in [0.2, 0.25) is 0 Å². The van der Waals surface area contributed by atoms with E-state index < -0.39 is 0 Å². The number of hydrogen-bond donors (Lipinski definition) is 0. The van der Waals surface area contributed by atoms with Crippen LogP contribution in [0.5, 0.6) is 0 Å². The van der Waals surface area contributed by atoms with Gasteiger partial charge >= 0.3 is 0 Å². The van der Waals surface area contributed by atoms with Gasteiger partial charge in [-0.05, 0) is 37.1 Å². The molecule has 1 nitrogen and oxygen atoms in total. The largest absolute Gasteiger partial charge is 0.306 e. The first-order chi connectivity index (χ1) is 5.68. The molecule has 2 fully saturated rings. The Labute approximate surface area is 76.1 Å². The summed E-state index contributed by atoms with van der Waals surface area (Å²) in [6.45, 7) is 7.56. The van der Waals surface area contributed by atoms with Crippen LogP contribution in [0, 0.1) is 23.7 Å². The SMILES string of the molecule is C[C@H]1CC[C@H]2[C@H]1CN(C)C[C@@H]2C. The van der Waals surface area contributed by atoms with Crippen molar-refractivity contribution >= 4 is 0 Å². The Morgan fingerprint density at radius 1 is 0.917 bits per heavy atom. The number of nitrogens with zero attached hydrogens (tertiary/aromatic N) is 1. The van der Waals surface area contributed by atoms with Gasteiger partial charge < -0.3 is 4.90 Å². The fraction of sp³-hybridized carbons (Fsp3) is 1.00. The highest BCUT2D eigenvalue weighted by atomic mass is 15.1. The van der Waals surface area contributed by atoms with Crippen LogP contribution < -0.4 is 0 Å². The lowest BCUT2D eigenvalue weighted by atomic mass is 9.79. The van der Waals surface area contributed by atoms with Gasteiger partial charge in [0.1, 0.15) is 0 Å². The maximum atomic E-state index is 2.52. The topological polar surface area (TPSA) is 3.24 Å². The zero-order valence-electron chi connectivity index (χ0n) is 8.59. The van der Waals surface area contributed by atoms with E-state index in [1.165, 1.54) is 25.9 Å². The van der Waals surface area contributed by atoms with E-state index in [1.807, 2.05) is 0 Å². The standard InChI is InChI=1S/C11H21N/c1-8-4-5-10-9(2)6-12(3)7-11(8)10/h8-11H,4-7H2,1-3H3/t8-,9-,10+,11-/m0/s1. The van der Waals surface area contributed by atoms with Gasteiger partial charge in [0.2, 0.25) is 0 Å². The van der Waals surface area contributed by atoms with Crippen molar-refractivity contribution in [3.8, 4) is 0 Å². The average molecular weight is 167 g/mol. The van der Waals surface area contributed by atoms with Crippen LogP contribution in [0.3, 0.4) is 0 Å². The Morgan fingerprint density at radius 3 is 2.42 bits per heavy atom. The van der Waals surface area contributed by atoms with Gasteiger partial charge in [0, 0.05) is 13.1 Å². The molecular formula is C11H21N. The van der Waals surface area contributed by atoms with Crippen LogP contribution in [-0.2, 0) is 0 Å². The summed E-state index contributed by atoms with van der Waals surface area (Å²) in [6, 6.07) is 0. The van der Waals surface area contributed by atoms with E-state index >= 15 is 0 Å². The second-order valence-electron chi connectivity index (χ2n) is 5.08. The van der Waals surface area contributed by atoms with E-state index in [0.717, 1.165) is 23.7 Å². The van der Waals surface area contributed by atoms with Crippen LogP contribution in [0.15, 0.2) is 0 Å². The number of likely N-dealkylation sites (tertiary alicyclic amines) is 1. The highest BCUT2D eigenvalue weighted by Crippen LogP contribution is 2.43. The van der Waals surface area contributed by atoms with Gasteiger partial charge in [0.05, 0.1) is 0 Å². The molecule has 12 heavy (non-hydrogen) atoms. The molecule has 0 bridgehead atoms. The summed E-state index contributed by atoms with van der Waals surface area (Å²) in [7, 11) is 2.28. The Balaban J connectivity index is 2.08. The monoisotopic (exact) mass is 167 g/mol. The van der Waals surface area contributed by atoms with Gasteiger partial charge in [-0.25, -0.2) is 0 Å². The highest BCUT2D eigenvalue weighted by molar-refractivity contribution is 4.91. The molecule has 1 heteroatoms. The summed E-state index contributed by atoms with van der Waals surface area (Å²) < 4.78 is 0. The molecule has 4 atom stereocenters. The van der Waals surface area contributed by atoms with Crippen LogP contribution in [0.4, 0.5) is 0 Å². The van der Waals surface area contributed by atoms with Gasteiger partial charge in [-0.1, -0.05) is 20.3 Å². The molecule has 0 unspecified atom stereocenters. The number of rotatable bonds is 0. The first-order valence-corrected chi connectivity index (χ1v) is 5.37. The van der Waals surface area contributed by atoms with Crippen LogP contribution >= 0.6 is 0 Å². The molecule has 1 aliphatic heterocycles. The Bertz CT molecular complexity index is 166.